The SMILES string of the molecule is CC(=O)O.CS(=O)[O-].NC(=O)c1cc(C2CC2)c(CN2CCC(Oc3ccc(F)cc3Cl)CC2)cc1F. The zero-order valence-corrected chi connectivity index (χ0v) is 22.1. The van der Waals surface area contributed by atoms with Gasteiger partial charge < -0.3 is 20.1 Å². The lowest BCUT2D eigenvalue weighted by Crippen LogP contribution is -2.38. The van der Waals surface area contributed by atoms with E-state index < -0.39 is 34.6 Å². The van der Waals surface area contributed by atoms with Crippen LogP contribution in [0.15, 0.2) is 30.3 Å². The average Bonchev–Trinajstić information content (AvgIpc) is 3.61. The van der Waals surface area contributed by atoms with Crippen molar-refractivity contribution in [2.45, 2.75) is 51.2 Å². The molecule has 0 bridgehead atoms. The Hall–Kier alpha value is -2.60. The normalized spacial score (nSPS) is 16.5. The van der Waals surface area contributed by atoms with Crippen LogP contribution in [0.2, 0.25) is 5.02 Å². The molecule has 1 unspecified atom stereocenters. The lowest BCUT2D eigenvalue weighted by molar-refractivity contribution is -0.134. The van der Waals surface area contributed by atoms with Gasteiger partial charge in [-0.2, -0.15) is 0 Å². The highest BCUT2D eigenvalue weighted by molar-refractivity contribution is 7.78. The molecule has 1 atom stereocenters. The Labute approximate surface area is 222 Å². The molecular formula is C25H30ClF2N2O6S-. The van der Waals surface area contributed by atoms with Crippen LogP contribution in [0, 0.1) is 11.6 Å². The molecule has 1 saturated carbocycles. The van der Waals surface area contributed by atoms with Gasteiger partial charge in [0.1, 0.15) is 23.5 Å². The third-order valence-electron chi connectivity index (χ3n) is 5.63. The van der Waals surface area contributed by atoms with Crippen LogP contribution in [0.25, 0.3) is 0 Å². The van der Waals surface area contributed by atoms with Gasteiger partial charge in [0.15, 0.2) is 0 Å². The molecule has 1 saturated heterocycles. The standard InChI is InChI=1S/C22H23ClF2N2O2.C2H4O2.CH4O2S/c23-19-10-15(24)3-4-21(19)29-16-5-7-27(8-6-16)12-14-9-20(25)18(22(26)28)11-17(14)13-1-2-13;1-2(3)4;1-4(2)3/h3-4,9-11,13,16H,1-2,5-8,12H2,(H2,26,28);1H3,(H,3,4);1H3,(H,2,3)/p-1. The number of likely N-dealkylation sites (tertiary alicyclic amines) is 1. The monoisotopic (exact) mass is 559 g/mol. The van der Waals surface area contributed by atoms with Crippen molar-refractivity contribution in [1.29, 1.82) is 0 Å². The maximum Gasteiger partial charge on any atom is 0.300 e. The lowest BCUT2D eigenvalue weighted by atomic mass is 9.97. The lowest BCUT2D eigenvalue weighted by Gasteiger charge is -2.32. The van der Waals surface area contributed by atoms with Crippen molar-refractivity contribution in [3.05, 3.63) is 63.7 Å². The van der Waals surface area contributed by atoms with Gasteiger partial charge in [0.05, 0.1) is 10.6 Å². The molecule has 2 aromatic rings. The Morgan fingerprint density at radius 3 is 2.24 bits per heavy atom. The molecule has 12 heteroatoms. The summed E-state index contributed by atoms with van der Waals surface area (Å²) in [6.45, 7) is 3.31. The van der Waals surface area contributed by atoms with E-state index in [0.29, 0.717) is 18.2 Å². The number of hydrogen-bond acceptors (Lipinski definition) is 6. The van der Waals surface area contributed by atoms with Crippen molar-refractivity contribution in [2.75, 3.05) is 19.3 Å². The molecule has 2 aromatic carbocycles. The second-order valence-electron chi connectivity index (χ2n) is 8.76. The van der Waals surface area contributed by atoms with Crippen molar-refractivity contribution in [3.63, 3.8) is 0 Å². The molecular weight excluding hydrogens is 530 g/mol. The molecule has 0 spiro atoms. The summed E-state index contributed by atoms with van der Waals surface area (Å²) in [4.78, 5) is 22.7. The van der Waals surface area contributed by atoms with Crippen LogP contribution in [0.5, 0.6) is 5.75 Å². The highest BCUT2D eigenvalue weighted by Crippen LogP contribution is 2.43. The largest absolute Gasteiger partial charge is 0.773 e. The molecule has 1 heterocycles. The van der Waals surface area contributed by atoms with E-state index >= 15 is 0 Å². The van der Waals surface area contributed by atoms with E-state index in [1.165, 1.54) is 18.2 Å². The second kappa shape index (κ2) is 14.4. The van der Waals surface area contributed by atoms with Gasteiger partial charge in [-0.25, -0.2) is 8.78 Å². The van der Waals surface area contributed by atoms with Crippen LogP contribution in [-0.2, 0) is 22.4 Å². The number of aliphatic carboxylic acids is 1. The summed E-state index contributed by atoms with van der Waals surface area (Å²) in [6.07, 6.45) is 4.81. The van der Waals surface area contributed by atoms with E-state index in [9.17, 15) is 13.6 Å². The van der Waals surface area contributed by atoms with Crippen molar-refractivity contribution in [1.82, 2.24) is 4.90 Å². The predicted octanol–water partition coefficient (Wildman–Crippen LogP) is 4.22. The summed E-state index contributed by atoms with van der Waals surface area (Å²) in [5.41, 5.74) is 7.24. The average molecular weight is 560 g/mol. The van der Waals surface area contributed by atoms with Gasteiger partial charge in [-0.15, -0.1) is 0 Å². The predicted molar refractivity (Wildman–Crippen MR) is 135 cm³/mol. The summed E-state index contributed by atoms with van der Waals surface area (Å²) >= 11 is 4.18. The van der Waals surface area contributed by atoms with Crippen LogP contribution >= 0.6 is 11.6 Å². The third-order valence-corrected chi connectivity index (χ3v) is 5.92. The van der Waals surface area contributed by atoms with E-state index in [1.54, 1.807) is 12.1 Å². The van der Waals surface area contributed by atoms with Crippen molar-refractivity contribution in [3.8, 4) is 5.75 Å². The molecule has 37 heavy (non-hydrogen) atoms. The van der Waals surface area contributed by atoms with Crippen LogP contribution in [0.3, 0.4) is 0 Å². The van der Waals surface area contributed by atoms with E-state index in [-0.39, 0.29) is 16.7 Å². The van der Waals surface area contributed by atoms with Crippen LogP contribution in [-0.4, -0.2) is 56.1 Å². The first kappa shape index (κ1) is 30.6. The number of carbonyl (C=O) groups excluding carboxylic acids is 1. The first-order valence-corrected chi connectivity index (χ1v) is 13.4. The fraction of sp³-hybridized carbons (Fsp3) is 0.440. The van der Waals surface area contributed by atoms with E-state index in [4.69, 9.17) is 40.7 Å². The Kier molecular flexibility index (Phi) is 11.9. The summed E-state index contributed by atoms with van der Waals surface area (Å²) in [6, 6.07) is 7.23. The van der Waals surface area contributed by atoms with Crippen LogP contribution in [0.4, 0.5) is 8.78 Å². The van der Waals surface area contributed by atoms with E-state index in [1.807, 2.05) is 0 Å². The molecule has 1 amide bonds. The molecule has 1 aliphatic carbocycles. The Morgan fingerprint density at radius 1 is 1.19 bits per heavy atom. The van der Waals surface area contributed by atoms with Gasteiger partial charge in [0.2, 0.25) is 0 Å². The van der Waals surface area contributed by atoms with Crippen molar-refractivity contribution >= 4 is 34.6 Å². The maximum atomic E-state index is 14.3. The molecule has 0 radical (unpaired) electrons. The minimum Gasteiger partial charge on any atom is -0.773 e. The number of nitrogens with two attached hydrogens (primary N) is 1. The number of amides is 1. The quantitative estimate of drug-likeness (QED) is 0.506. The second-order valence-corrected chi connectivity index (χ2v) is 9.97. The molecule has 4 rings (SSSR count). The van der Waals surface area contributed by atoms with Crippen LogP contribution in [0.1, 0.15) is 60.0 Å². The summed E-state index contributed by atoms with van der Waals surface area (Å²) in [7, 11) is 0. The van der Waals surface area contributed by atoms with Gasteiger partial charge in [-0.3, -0.25) is 18.7 Å². The highest BCUT2D eigenvalue weighted by Gasteiger charge is 2.29. The number of carboxylic acids is 1. The smallest absolute Gasteiger partial charge is 0.300 e. The zero-order chi connectivity index (χ0) is 27.7. The molecule has 8 nitrogen and oxygen atoms in total. The number of nitrogens with zero attached hydrogens (tertiary/aromatic N) is 1. The number of piperidine rings is 1. The number of carbonyl (C=O) groups is 2. The maximum absolute atomic E-state index is 14.3. The number of hydrogen-bond donors (Lipinski definition) is 2. The molecule has 0 aromatic heterocycles. The van der Waals surface area contributed by atoms with Crippen molar-refractivity contribution < 1.29 is 37.0 Å². The zero-order valence-electron chi connectivity index (χ0n) is 20.5. The Bertz CT molecular complexity index is 1100. The van der Waals surface area contributed by atoms with Gasteiger partial charge in [0.25, 0.3) is 11.9 Å². The molecule has 1 aliphatic heterocycles. The van der Waals surface area contributed by atoms with E-state index in [2.05, 4.69) is 4.90 Å². The number of halogens is 3. The third kappa shape index (κ3) is 10.7. The number of carboxylic acid groups (broad SMARTS) is 1. The van der Waals surface area contributed by atoms with Gasteiger partial charge in [-0.1, -0.05) is 22.7 Å². The summed E-state index contributed by atoms with van der Waals surface area (Å²) in [5, 5.41) is 7.69. The number of ether oxygens (including phenoxy) is 1. The minimum atomic E-state index is -1.86. The Balaban J connectivity index is 0.000000530. The molecule has 3 N–H and O–H groups in total. The van der Waals surface area contributed by atoms with Gasteiger partial charge in [-0.05, 0) is 79.3 Å². The number of benzene rings is 2. The fourth-order valence-electron chi connectivity index (χ4n) is 3.91. The molecule has 2 fully saturated rings. The highest BCUT2D eigenvalue weighted by atomic mass is 35.5. The minimum absolute atomic E-state index is 0.00564. The van der Waals surface area contributed by atoms with Crippen molar-refractivity contribution in [2.24, 2.45) is 5.73 Å². The summed E-state index contributed by atoms with van der Waals surface area (Å²) < 4.78 is 51.4. The summed E-state index contributed by atoms with van der Waals surface area (Å²) in [5.74, 6) is -1.62. The van der Waals surface area contributed by atoms with Crippen LogP contribution < -0.4 is 10.5 Å². The van der Waals surface area contributed by atoms with E-state index in [0.717, 1.165) is 63.1 Å². The number of primary amides is 1. The Morgan fingerprint density at radius 2 is 1.76 bits per heavy atom. The first-order valence-electron chi connectivity index (χ1n) is 11.5. The van der Waals surface area contributed by atoms with Gasteiger partial charge in [0, 0.05) is 26.6 Å². The fourth-order valence-corrected chi connectivity index (χ4v) is 4.12. The molecule has 204 valence electrons. The van der Waals surface area contributed by atoms with Gasteiger partial charge >= 0.3 is 0 Å². The topological polar surface area (TPSA) is 133 Å². The number of rotatable bonds is 6. The first-order chi connectivity index (χ1) is 17.4. The molecule has 2 aliphatic rings.